The fourth-order valence-corrected chi connectivity index (χ4v) is 3.07. The second kappa shape index (κ2) is 13.3. The summed E-state index contributed by atoms with van der Waals surface area (Å²) in [5.74, 6) is 1.84. The van der Waals surface area contributed by atoms with Crippen molar-refractivity contribution < 1.29 is 24.1 Å². The fraction of sp³-hybridized carbons (Fsp3) is 0.192. The minimum absolute atomic E-state index is 0.0307. The van der Waals surface area contributed by atoms with Gasteiger partial charge in [0, 0.05) is 24.4 Å². The first-order valence-corrected chi connectivity index (χ1v) is 10.5. The van der Waals surface area contributed by atoms with Gasteiger partial charge in [0.25, 0.3) is 0 Å². The zero-order valence-electron chi connectivity index (χ0n) is 19.8. The van der Waals surface area contributed by atoms with Crippen LogP contribution in [0, 0.1) is 0 Å². The number of nitrogens with two attached hydrogens (primary N) is 1. The summed E-state index contributed by atoms with van der Waals surface area (Å²) in [7, 11) is 4.82. The monoisotopic (exact) mass is 465 g/mol. The van der Waals surface area contributed by atoms with Crippen molar-refractivity contribution in [3.63, 3.8) is 0 Å². The van der Waals surface area contributed by atoms with E-state index in [0.29, 0.717) is 29.3 Å². The molecule has 5 N–H and O–H groups in total. The van der Waals surface area contributed by atoms with Crippen LogP contribution in [0.4, 0.5) is 17.1 Å². The number of phenols is 1. The normalized spacial score (nSPS) is 10.1. The number of benzene rings is 3. The number of methoxy groups -OCH3 is 3. The van der Waals surface area contributed by atoms with Crippen molar-refractivity contribution >= 4 is 29.5 Å². The number of hydrogen-bond acceptors (Lipinski definition) is 7. The second-order valence-electron chi connectivity index (χ2n) is 7.01. The number of para-hydroxylation sites is 1. The van der Waals surface area contributed by atoms with Gasteiger partial charge in [-0.2, -0.15) is 0 Å². The van der Waals surface area contributed by atoms with Gasteiger partial charge in [-0.1, -0.05) is 42.5 Å². The zero-order valence-corrected chi connectivity index (χ0v) is 19.8. The van der Waals surface area contributed by atoms with Crippen LogP contribution >= 0.6 is 0 Å². The molecule has 8 nitrogen and oxygen atoms in total. The highest BCUT2D eigenvalue weighted by atomic mass is 16.5. The molecule has 0 atom stereocenters. The molecule has 3 aromatic carbocycles. The molecule has 1 amide bonds. The number of carbonyl (C=O) groups is 1. The Labute approximate surface area is 200 Å². The van der Waals surface area contributed by atoms with Crippen molar-refractivity contribution in [2.24, 2.45) is 0 Å². The van der Waals surface area contributed by atoms with Crippen LogP contribution in [0.3, 0.4) is 0 Å². The Hall–Kier alpha value is -4.33. The van der Waals surface area contributed by atoms with Crippen LogP contribution in [0.15, 0.2) is 60.7 Å². The molecule has 0 aromatic heterocycles. The summed E-state index contributed by atoms with van der Waals surface area (Å²) in [6, 6.07) is 16.9. The average molecular weight is 466 g/mol. The quantitative estimate of drug-likeness (QED) is 0.202. The van der Waals surface area contributed by atoms with E-state index >= 15 is 0 Å². The van der Waals surface area contributed by atoms with E-state index in [0.717, 1.165) is 12.2 Å². The van der Waals surface area contributed by atoms with Gasteiger partial charge in [-0.05, 0) is 30.2 Å². The number of hydrogen-bond donors (Lipinski definition) is 4. The maximum absolute atomic E-state index is 9.99. The van der Waals surface area contributed by atoms with Gasteiger partial charge in [0.1, 0.15) is 5.75 Å². The highest BCUT2D eigenvalue weighted by Crippen LogP contribution is 2.40. The van der Waals surface area contributed by atoms with Crippen LogP contribution in [-0.4, -0.2) is 32.8 Å². The van der Waals surface area contributed by atoms with Gasteiger partial charge in [0.05, 0.1) is 32.7 Å². The lowest BCUT2D eigenvalue weighted by molar-refractivity contribution is -0.105. The molecule has 0 aliphatic carbocycles. The molecule has 0 saturated heterocycles. The number of anilines is 3. The number of nitrogen functional groups attached to an aromatic ring is 1. The van der Waals surface area contributed by atoms with E-state index in [1.807, 2.05) is 25.1 Å². The van der Waals surface area contributed by atoms with Crippen LogP contribution in [0.1, 0.15) is 18.1 Å². The first kappa shape index (κ1) is 25.9. The van der Waals surface area contributed by atoms with Gasteiger partial charge >= 0.3 is 0 Å². The Bertz CT molecular complexity index is 1070. The molecular weight excluding hydrogens is 434 g/mol. The third-order valence-corrected chi connectivity index (χ3v) is 4.80. The predicted molar refractivity (Wildman–Crippen MR) is 137 cm³/mol. The van der Waals surface area contributed by atoms with Crippen molar-refractivity contribution in [2.45, 2.75) is 13.5 Å². The minimum Gasteiger partial charge on any atom is -0.506 e. The van der Waals surface area contributed by atoms with Crippen LogP contribution in [0.5, 0.6) is 23.0 Å². The smallest absolute Gasteiger partial charge is 0.211 e. The molecule has 0 fully saturated rings. The number of carbonyl (C=O) groups excluding carboxylic acids is 1. The summed E-state index contributed by atoms with van der Waals surface area (Å²) >= 11 is 0. The highest BCUT2D eigenvalue weighted by molar-refractivity contribution is 5.82. The first-order valence-electron chi connectivity index (χ1n) is 10.5. The summed E-state index contributed by atoms with van der Waals surface area (Å²) < 4.78 is 16.1. The molecule has 3 rings (SSSR count). The number of aromatic hydroxyl groups is 1. The van der Waals surface area contributed by atoms with E-state index in [2.05, 4.69) is 41.0 Å². The molecule has 0 aliphatic heterocycles. The standard InChI is InChI=1S/C19H23NO3.C7H8N2O2/c1-5-6-14-7-9-15(10-8-14)13-20-16-11-17(21-2)19(23-4)18(12-16)22-3;8-7-5(9-4-10)2-1-3-6(7)11/h5-12,20H,13H2,1-4H3;1-4,11H,8H2,(H,9,10)/b6-5+;. The maximum atomic E-state index is 9.99. The zero-order chi connectivity index (χ0) is 24.9. The van der Waals surface area contributed by atoms with Gasteiger partial charge in [0.15, 0.2) is 11.5 Å². The van der Waals surface area contributed by atoms with Crippen molar-refractivity contribution in [1.29, 1.82) is 0 Å². The molecule has 0 saturated carbocycles. The lowest BCUT2D eigenvalue weighted by Crippen LogP contribution is -2.02. The van der Waals surface area contributed by atoms with Crippen LogP contribution in [0.25, 0.3) is 6.08 Å². The average Bonchev–Trinajstić information content (AvgIpc) is 2.86. The molecule has 0 aliphatic rings. The molecule has 0 radical (unpaired) electrons. The molecular formula is C26H31N3O5. The highest BCUT2D eigenvalue weighted by Gasteiger charge is 2.13. The summed E-state index contributed by atoms with van der Waals surface area (Å²) in [6.07, 6.45) is 4.62. The number of phenolic OH excluding ortho intramolecular Hbond substituents is 1. The molecule has 180 valence electrons. The number of ether oxygens (including phenoxy) is 3. The maximum Gasteiger partial charge on any atom is 0.211 e. The largest absolute Gasteiger partial charge is 0.506 e. The lowest BCUT2D eigenvalue weighted by atomic mass is 10.1. The van der Waals surface area contributed by atoms with Gasteiger partial charge in [0.2, 0.25) is 12.2 Å². The SMILES string of the molecule is C/C=C/c1ccc(CNc2cc(OC)c(OC)c(OC)c2)cc1.Nc1c(O)cccc1NC=O. The minimum atomic E-state index is -0.0307. The van der Waals surface area contributed by atoms with Crippen LogP contribution < -0.4 is 30.6 Å². The van der Waals surface area contributed by atoms with E-state index in [-0.39, 0.29) is 11.4 Å². The number of nitrogens with one attached hydrogen (secondary N) is 2. The third-order valence-electron chi connectivity index (χ3n) is 4.80. The summed E-state index contributed by atoms with van der Waals surface area (Å²) in [4.78, 5) is 9.99. The van der Waals surface area contributed by atoms with Gasteiger partial charge in [-0.15, -0.1) is 0 Å². The summed E-state index contributed by atoms with van der Waals surface area (Å²) in [5, 5.41) is 14.8. The van der Waals surface area contributed by atoms with Crippen molar-refractivity contribution in [3.8, 4) is 23.0 Å². The van der Waals surface area contributed by atoms with E-state index in [1.165, 1.54) is 17.2 Å². The lowest BCUT2D eigenvalue weighted by Gasteiger charge is -2.15. The molecule has 3 aromatic rings. The van der Waals surface area contributed by atoms with E-state index in [4.69, 9.17) is 25.1 Å². The van der Waals surface area contributed by atoms with Crippen LogP contribution in [0.2, 0.25) is 0 Å². The molecule has 0 heterocycles. The Kier molecular flexibility index (Phi) is 10.1. The fourth-order valence-electron chi connectivity index (χ4n) is 3.07. The topological polar surface area (TPSA) is 115 Å². The second-order valence-corrected chi connectivity index (χ2v) is 7.01. The van der Waals surface area contributed by atoms with E-state index in [1.54, 1.807) is 33.5 Å². The van der Waals surface area contributed by atoms with Gasteiger partial charge in [-0.25, -0.2) is 0 Å². The van der Waals surface area contributed by atoms with E-state index < -0.39 is 0 Å². The summed E-state index contributed by atoms with van der Waals surface area (Å²) in [5.41, 5.74) is 9.31. The number of amides is 1. The van der Waals surface area contributed by atoms with Crippen molar-refractivity contribution in [2.75, 3.05) is 37.7 Å². The first-order chi connectivity index (χ1) is 16.5. The molecule has 0 spiro atoms. The van der Waals surface area contributed by atoms with Gasteiger partial charge < -0.3 is 35.7 Å². The Morgan fingerprint density at radius 2 is 1.62 bits per heavy atom. The van der Waals surface area contributed by atoms with Crippen molar-refractivity contribution in [1.82, 2.24) is 0 Å². The van der Waals surface area contributed by atoms with Crippen LogP contribution in [-0.2, 0) is 11.3 Å². The Balaban J connectivity index is 0.000000310. The van der Waals surface area contributed by atoms with E-state index in [9.17, 15) is 4.79 Å². The molecule has 0 unspecified atom stereocenters. The Morgan fingerprint density at radius 3 is 2.15 bits per heavy atom. The number of rotatable bonds is 9. The Morgan fingerprint density at radius 1 is 0.971 bits per heavy atom. The predicted octanol–water partition coefficient (Wildman–Crippen LogP) is 4.90. The summed E-state index contributed by atoms with van der Waals surface area (Å²) in [6.45, 7) is 2.73. The van der Waals surface area contributed by atoms with Crippen molar-refractivity contribution in [3.05, 3.63) is 71.8 Å². The molecule has 34 heavy (non-hydrogen) atoms. The number of allylic oxidation sites excluding steroid dienone is 1. The molecule has 8 heteroatoms. The third kappa shape index (κ3) is 7.09. The van der Waals surface area contributed by atoms with Gasteiger partial charge in [-0.3, -0.25) is 4.79 Å². The molecule has 0 bridgehead atoms.